The van der Waals surface area contributed by atoms with E-state index in [2.05, 4.69) is 15.6 Å². The molecule has 1 heterocycles. The molecule has 0 unspecified atom stereocenters. The van der Waals surface area contributed by atoms with Gasteiger partial charge in [0.05, 0.1) is 0 Å². The Morgan fingerprint density at radius 3 is 2.54 bits per heavy atom. The van der Waals surface area contributed by atoms with E-state index in [4.69, 9.17) is 11.6 Å². The number of halogens is 1. The van der Waals surface area contributed by atoms with Crippen LogP contribution in [0.1, 0.15) is 23.0 Å². The SMILES string of the molecule is Cn1ccnc1[C@@H](NC(=O)NCCc1ccccc1)c1ccc(Cl)cc1. The van der Waals surface area contributed by atoms with Gasteiger partial charge in [0.25, 0.3) is 0 Å². The highest BCUT2D eigenvalue weighted by atomic mass is 35.5. The molecule has 0 aliphatic carbocycles. The van der Waals surface area contributed by atoms with E-state index < -0.39 is 0 Å². The number of aromatic nitrogens is 2. The second-order valence-electron chi connectivity index (χ2n) is 6.02. The van der Waals surface area contributed by atoms with Crippen molar-refractivity contribution in [3.8, 4) is 0 Å². The van der Waals surface area contributed by atoms with Crippen LogP contribution in [-0.2, 0) is 13.5 Å². The zero-order valence-electron chi connectivity index (χ0n) is 14.5. The second kappa shape index (κ2) is 8.54. The summed E-state index contributed by atoms with van der Waals surface area (Å²) in [7, 11) is 1.90. The van der Waals surface area contributed by atoms with Crippen LogP contribution in [0.25, 0.3) is 0 Å². The molecule has 3 aromatic rings. The zero-order chi connectivity index (χ0) is 18.4. The lowest BCUT2D eigenvalue weighted by Gasteiger charge is -2.19. The molecule has 0 aliphatic heterocycles. The molecule has 6 heteroatoms. The number of hydrogen-bond acceptors (Lipinski definition) is 2. The zero-order valence-corrected chi connectivity index (χ0v) is 15.3. The van der Waals surface area contributed by atoms with Gasteiger partial charge in [-0.15, -0.1) is 0 Å². The number of hydrogen-bond donors (Lipinski definition) is 2. The maximum absolute atomic E-state index is 12.4. The molecule has 26 heavy (non-hydrogen) atoms. The third-order valence-corrected chi connectivity index (χ3v) is 4.39. The fraction of sp³-hybridized carbons (Fsp3) is 0.200. The first kappa shape index (κ1) is 18.0. The summed E-state index contributed by atoms with van der Waals surface area (Å²) in [6.45, 7) is 0.559. The van der Waals surface area contributed by atoms with Crippen LogP contribution in [0.4, 0.5) is 4.79 Å². The fourth-order valence-corrected chi connectivity index (χ4v) is 2.88. The molecule has 0 spiro atoms. The third kappa shape index (κ3) is 4.64. The van der Waals surface area contributed by atoms with Crippen molar-refractivity contribution in [3.63, 3.8) is 0 Å². The number of urea groups is 1. The summed E-state index contributed by atoms with van der Waals surface area (Å²) in [6.07, 6.45) is 4.35. The van der Waals surface area contributed by atoms with Gasteiger partial charge >= 0.3 is 6.03 Å². The summed E-state index contributed by atoms with van der Waals surface area (Å²) < 4.78 is 1.89. The summed E-state index contributed by atoms with van der Waals surface area (Å²) in [5.41, 5.74) is 2.10. The van der Waals surface area contributed by atoms with Crippen molar-refractivity contribution in [1.29, 1.82) is 0 Å². The lowest BCUT2D eigenvalue weighted by Crippen LogP contribution is -2.40. The van der Waals surface area contributed by atoms with Gasteiger partial charge in [-0.05, 0) is 29.7 Å². The molecule has 2 amide bonds. The highest BCUT2D eigenvalue weighted by Crippen LogP contribution is 2.22. The number of aryl methyl sites for hydroxylation is 1. The fourth-order valence-electron chi connectivity index (χ4n) is 2.75. The Morgan fingerprint density at radius 2 is 1.88 bits per heavy atom. The summed E-state index contributed by atoms with van der Waals surface area (Å²) in [4.78, 5) is 16.8. The van der Waals surface area contributed by atoms with E-state index in [1.165, 1.54) is 5.56 Å². The Hall–Kier alpha value is -2.79. The highest BCUT2D eigenvalue weighted by Gasteiger charge is 2.20. The number of carbonyl (C=O) groups excluding carboxylic acids is 1. The van der Waals surface area contributed by atoms with E-state index >= 15 is 0 Å². The van der Waals surface area contributed by atoms with Crippen LogP contribution in [-0.4, -0.2) is 22.1 Å². The van der Waals surface area contributed by atoms with Gasteiger partial charge in [-0.2, -0.15) is 0 Å². The molecule has 0 fully saturated rings. The quantitative estimate of drug-likeness (QED) is 0.696. The van der Waals surface area contributed by atoms with E-state index in [0.29, 0.717) is 11.6 Å². The molecular weight excluding hydrogens is 348 g/mol. The lowest BCUT2D eigenvalue weighted by atomic mass is 10.1. The van der Waals surface area contributed by atoms with Crippen LogP contribution in [0.5, 0.6) is 0 Å². The lowest BCUT2D eigenvalue weighted by molar-refractivity contribution is 0.238. The topological polar surface area (TPSA) is 59.0 Å². The normalized spacial score (nSPS) is 11.8. The number of amides is 2. The number of rotatable bonds is 6. The number of benzene rings is 2. The van der Waals surface area contributed by atoms with Gasteiger partial charge in [0, 0.05) is 31.0 Å². The van der Waals surface area contributed by atoms with Crippen LogP contribution in [0.2, 0.25) is 5.02 Å². The molecule has 2 aromatic carbocycles. The van der Waals surface area contributed by atoms with Gasteiger partial charge in [-0.25, -0.2) is 9.78 Å². The summed E-state index contributed by atoms with van der Waals surface area (Å²) >= 11 is 5.98. The Bertz CT molecular complexity index is 846. The molecule has 0 aliphatic rings. The summed E-state index contributed by atoms with van der Waals surface area (Å²) in [5, 5.41) is 6.57. The Morgan fingerprint density at radius 1 is 1.15 bits per heavy atom. The first-order valence-electron chi connectivity index (χ1n) is 8.44. The molecule has 1 aromatic heterocycles. The predicted molar refractivity (Wildman–Crippen MR) is 103 cm³/mol. The van der Waals surface area contributed by atoms with Gasteiger partial charge in [0.1, 0.15) is 11.9 Å². The maximum atomic E-state index is 12.4. The van der Waals surface area contributed by atoms with E-state index in [1.807, 2.05) is 72.4 Å². The molecule has 3 rings (SSSR count). The predicted octanol–water partition coefficient (Wildman–Crippen LogP) is 3.70. The number of carbonyl (C=O) groups is 1. The molecule has 0 bridgehead atoms. The molecule has 1 atom stereocenters. The van der Waals surface area contributed by atoms with Crippen molar-refractivity contribution >= 4 is 17.6 Å². The Labute approximate surface area is 158 Å². The first-order valence-corrected chi connectivity index (χ1v) is 8.82. The van der Waals surface area contributed by atoms with Crippen molar-refractivity contribution in [3.05, 3.63) is 89.0 Å². The molecule has 0 radical (unpaired) electrons. The largest absolute Gasteiger partial charge is 0.338 e. The van der Waals surface area contributed by atoms with E-state index in [9.17, 15) is 4.79 Å². The maximum Gasteiger partial charge on any atom is 0.315 e. The van der Waals surface area contributed by atoms with Crippen LogP contribution in [0.15, 0.2) is 67.0 Å². The standard InChI is InChI=1S/C20H21ClN4O/c1-25-14-13-22-19(25)18(16-7-9-17(21)10-8-16)24-20(26)23-12-11-15-5-3-2-4-6-15/h2-10,13-14,18H,11-12H2,1H3,(H2,23,24,26)/t18-/m0/s1. The van der Waals surface area contributed by atoms with Crippen LogP contribution >= 0.6 is 11.6 Å². The van der Waals surface area contributed by atoms with E-state index in [0.717, 1.165) is 17.8 Å². The number of nitrogens with one attached hydrogen (secondary N) is 2. The second-order valence-corrected chi connectivity index (χ2v) is 6.45. The van der Waals surface area contributed by atoms with Gasteiger partial charge in [-0.1, -0.05) is 54.1 Å². The monoisotopic (exact) mass is 368 g/mol. The molecule has 0 saturated heterocycles. The molecule has 134 valence electrons. The highest BCUT2D eigenvalue weighted by molar-refractivity contribution is 6.30. The van der Waals surface area contributed by atoms with Gasteiger partial charge in [0.2, 0.25) is 0 Å². The number of imidazole rings is 1. The minimum Gasteiger partial charge on any atom is -0.338 e. The van der Waals surface area contributed by atoms with E-state index in [-0.39, 0.29) is 12.1 Å². The smallest absolute Gasteiger partial charge is 0.315 e. The van der Waals surface area contributed by atoms with Crippen molar-refractivity contribution < 1.29 is 4.79 Å². The summed E-state index contributed by atoms with van der Waals surface area (Å²) in [6, 6.07) is 16.9. The van der Waals surface area contributed by atoms with Crippen molar-refractivity contribution in [2.24, 2.45) is 7.05 Å². The summed E-state index contributed by atoms with van der Waals surface area (Å²) in [5.74, 6) is 0.755. The van der Waals surface area contributed by atoms with E-state index in [1.54, 1.807) is 6.20 Å². The average molecular weight is 369 g/mol. The van der Waals surface area contributed by atoms with Crippen LogP contribution < -0.4 is 10.6 Å². The number of nitrogens with zero attached hydrogens (tertiary/aromatic N) is 2. The Balaban J connectivity index is 1.66. The minimum atomic E-state index is -0.357. The van der Waals surface area contributed by atoms with Crippen LogP contribution in [0.3, 0.4) is 0 Å². The third-order valence-electron chi connectivity index (χ3n) is 4.14. The van der Waals surface area contributed by atoms with Crippen molar-refractivity contribution in [2.75, 3.05) is 6.54 Å². The van der Waals surface area contributed by atoms with Gasteiger partial charge in [0.15, 0.2) is 0 Å². The minimum absolute atomic E-state index is 0.233. The Kier molecular flexibility index (Phi) is 5.92. The van der Waals surface area contributed by atoms with Crippen molar-refractivity contribution in [1.82, 2.24) is 20.2 Å². The molecule has 2 N–H and O–H groups in total. The van der Waals surface area contributed by atoms with Crippen LogP contribution in [0, 0.1) is 0 Å². The first-order chi connectivity index (χ1) is 12.6. The van der Waals surface area contributed by atoms with Gasteiger partial charge in [-0.3, -0.25) is 0 Å². The van der Waals surface area contributed by atoms with Crippen molar-refractivity contribution in [2.45, 2.75) is 12.5 Å². The molecule has 0 saturated carbocycles. The van der Waals surface area contributed by atoms with Gasteiger partial charge < -0.3 is 15.2 Å². The molecule has 5 nitrogen and oxygen atoms in total. The molecular formula is C20H21ClN4O. The average Bonchev–Trinajstić information content (AvgIpc) is 3.07.